The minimum Gasteiger partial charge on any atom is -0.497 e. The lowest BCUT2D eigenvalue weighted by Gasteiger charge is -2.43. The van der Waals surface area contributed by atoms with Gasteiger partial charge in [0.05, 0.1) is 14.2 Å². The third kappa shape index (κ3) is 3.35. The summed E-state index contributed by atoms with van der Waals surface area (Å²) in [5.41, 5.74) is 5.92. The standard InChI is InChI=1S/C25H32O2/c1-16(2)22-13-18-14-23(17-9-11-19(26-3)12-10-17)20-7-5-6-8-21(20)24(18)15-25(22)27-4/h9-13,15-16,20-21,23H,5-8,14H2,1-4H3/t20-,21+,23-/m0/s1. The van der Waals surface area contributed by atoms with Gasteiger partial charge in [-0.1, -0.05) is 44.9 Å². The Morgan fingerprint density at radius 3 is 2.30 bits per heavy atom. The molecule has 0 aliphatic heterocycles. The fraction of sp³-hybridized carbons (Fsp3) is 0.520. The molecule has 0 spiro atoms. The van der Waals surface area contributed by atoms with Gasteiger partial charge in [0.25, 0.3) is 0 Å². The van der Waals surface area contributed by atoms with Gasteiger partial charge in [0.1, 0.15) is 11.5 Å². The van der Waals surface area contributed by atoms with Crippen molar-refractivity contribution in [1.29, 1.82) is 0 Å². The summed E-state index contributed by atoms with van der Waals surface area (Å²) in [6.45, 7) is 4.52. The Bertz CT molecular complexity index is 791. The molecule has 2 aromatic carbocycles. The minimum atomic E-state index is 0.480. The molecule has 0 heterocycles. The molecule has 0 amide bonds. The van der Waals surface area contributed by atoms with Gasteiger partial charge in [-0.05, 0) is 83.4 Å². The Balaban J connectivity index is 1.77. The molecule has 2 aliphatic carbocycles. The highest BCUT2D eigenvalue weighted by Gasteiger charge is 2.39. The summed E-state index contributed by atoms with van der Waals surface area (Å²) >= 11 is 0. The second-order valence-electron chi connectivity index (χ2n) is 8.59. The summed E-state index contributed by atoms with van der Waals surface area (Å²) in [7, 11) is 3.55. The largest absolute Gasteiger partial charge is 0.497 e. The van der Waals surface area contributed by atoms with Crippen LogP contribution in [0.1, 0.15) is 79.5 Å². The van der Waals surface area contributed by atoms with Crippen LogP contribution in [0, 0.1) is 5.92 Å². The summed E-state index contributed by atoms with van der Waals surface area (Å²) in [4.78, 5) is 0. The van der Waals surface area contributed by atoms with E-state index >= 15 is 0 Å². The van der Waals surface area contributed by atoms with E-state index in [0.29, 0.717) is 17.8 Å². The second kappa shape index (κ2) is 7.58. The van der Waals surface area contributed by atoms with Crippen molar-refractivity contribution < 1.29 is 9.47 Å². The van der Waals surface area contributed by atoms with Crippen molar-refractivity contribution in [2.24, 2.45) is 5.92 Å². The Kier molecular flexibility index (Phi) is 5.16. The molecular weight excluding hydrogens is 332 g/mol. The maximum absolute atomic E-state index is 5.78. The molecule has 27 heavy (non-hydrogen) atoms. The number of hydrogen-bond acceptors (Lipinski definition) is 2. The molecule has 0 radical (unpaired) electrons. The first-order valence-electron chi connectivity index (χ1n) is 10.5. The van der Waals surface area contributed by atoms with E-state index in [4.69, 9.17) is 9.47 Å². The van der Waals surface area contributed by atoms with Crippen LogP contribution in [0.3, 0.4) is 0 Å². The van der Waals surface area contributed by atoms with Crippen molar-refractivity contribution in [3.05, 3.63) is 58.7 Å². The van der Waals surface area contributed by atoms with Crippen LogP contribution in [-0.4, -0.2) is 14.2 Å². The highest BCUT2D eigenvalue weighted by atomic mass is 16.5. The molecule has 1 fully saturated rings. The van der Waals surface area contributed by atoms with Gasteiger partial charge in [-0.2, -0.15) is 0 Å². The van der Waals surface area contributed by atoms with Gasteiger partial charge in [0.15, 0.2) is 0 Å². The fourth-order valence-electron chi connectivity index (χ4n) is 5.44. The Labute approximate surface area is 163 Å². The molecule has 0 bridgehead atoms. The summed E-state index contributed by atoms with van der Waals surface area (Å²) in [6.07, 6.45) is 6.52. The van der Waals surface area contributed by atoms with Gasteiger partial charge in [-0.3, -0.25) is 0 Å². The van der Waals surface area contributed by atoms with Crippen molar-refractivity contribution in [2.75, 3.05) is 14.2 Å². The molecule has 0 saturated heterocycles. The van der Waals surface area contributed by atoms with Crippen LogP contribution in [0.2, 0.25) is 0 Å². The number of fused-ring (bicyclic) bond motifs is 3. The monoisotopic (exact) mass is 364 g/mol. The van der Waals surface area contributed by atoms with E-state index in [1.165, 1.54) is 36.8 Å². The molecular formula is C25H32O2. The second-order valence-corrected chi connectivity index (χ2v) is 8.59. The summed E-state index contributed by atoms with van der Waals surface area (Å²) in [5.74, 6) is 4.53. The van der Waals surface area contributed by atoms with Crippen LogP contribution in [0.4, 0.5) is 0 Å². The van der Waals surface area contributed by atoms with Gasteiger partial charge >= 0.3 is 0 Å². The maximum atomic E-state index is 5.78. The zero-order valence-electron chi connectivity index (χ0n) is 17.1. The summed E-state index contributed by atoms with van der Waals surface area (Å²) in [5, 5.41) is 0. The van der Waals surface area contributed by atoms with E-state index in [0.717, 1.165) is 23.8 Å². The smallest absolute Gasteiger partial charge is 0.122 e. The Morgan fingerprint density at radius 2 is 1.63 bits per heavy atom. The quantitative estimate of drug-likeness (QED) is 0.621. The van der Waals surface area contributed by atoms with Gasteiger partial charge in [0.2, 0.25) is 0 Å². The topological polar surface area (TPSA) is 18.5 Å². The molecule has 4 rings (SSSR count). The molecule has 0 unspecified atom stereocenters. The number of hydrogen-bond donors (Lipinski definition) is 0. The predicted molar refractivity (Wildman–Crippen MR) is 111 cm³/mol. The zero-order valence-corrected chi connectivity index (χ0v) is 17.1. The van der Waals surface area contributed by atoms with Crippen molar-refractivity contribution in [3.8, 4) is 11.5 Å². The van der Waals surface area contributed by atoms with E-state index < -0.39 is 0 Å². The lowest BCUT2D eigenvalue weighted by Crippen LogP contribution is -2.31. The van der Waals surface area contributed by atoms with E-state index in [2.05, 4.69) is 50.2 Å². The third-order valence-corrected chi connectivity index (χ3v) is 6.83. The highest BCUT2D eigenvalue weighted by molar-refractivity contribution is 5.49. The first-order chi connectivity index (χ1) is 13.1. The van der Waals surface area contributed by atoms with Crippen molar-refractivity contribution in [1.82, 2.24) is 0 Å². The predicted octanol–water partition coefficient (Wildman–Crippen LogP) is 6.44. The van der Waals surface area contributed by atoms with Crippen LogP contribution < -0.4 is 9.47 Å². The van der Waals surface area contributed by atoms with Crippen molar-refractivity contribution in [2.45, 2.75) is 63.7 Å². The number of ether oxygens (including phenoxy) is 2. The van der Waals surface area contributed by atoms with Crippen molar-refractivity contribution >= 4 is 0 Å². The van der Waals surface area contributed by atoms with E-state index in [1.54, 1.807) is 18.2 Å². The van der Waals surface area contributed by atoms with Crippen LogP contribution in [0.5, 0.6) is 11.5 Å². The van der Waals surface area contributed by atoms with Gasteiger partial charge < -0.3 is 9.47 Å². The molecule has 2 nitrogen and oxygen atoms in total. The van der Waals surface area contributed by atoms with E-state index in [9.17, 15) is 0 Å². The van der Waals surface area contributed by atoms with Crippen LogP contribution >= 0.6 is 0 Å². The summed E-state index contributed by atoms with van der Waals surface area (Å²) in [6, 6.07) is 13.6. The first-order valence-corrected chi connectivity index (χ1v) is 10.5. The Hall–Kier alpha value is -1.96. The van der Waals surface area contributed by atoms with Crippen LogP contribution in [0.15, 0.2) is 36.4 Å². The molecule has 1 saturated carbocycles. The minimum absolute atomic E-state index is 0.480. The number of methoxy groups -OCH3 is 2. The van der Waals surface area contributed by atoms with Crippen LogP contribution in [0.25, 0.3) is 0 Å². The number of benzene rings is 2. The van der Waals surface area contributed by atoms with E-state index in [-0.39, 0.29) is 0 Å². The fourth-order valence-corrected chi connectivity index (χ4v) is 5.44. The van der Waals surface area contributed by atoms with E-state index in [1.807, 2.05) is 7.11 Å². The lowest BCUT2D eigenvalue weighted by molar-refractivity contribution is 0.242. The summed E-state index contributed by atoms with van der Waals surface area (Å²) < 4.78 is 11.1. The molecule has 2 aromatic rings. The molecule has 3 atom stereocenters. The zero-order chi connectivity index (χ0) is 19.0. The van der Waals surface area contributed by atoms with Crippen LogP contribution in [-0.2, 0) is 6.42 Å². The maximum Gasteiger partial charge on any atom is 0.122 e. The molecule has 0 N–H and O–H groups in total. The molecule has 2 heteroatoms. The molecule has 2 aliphatic rings. The van der Waals surface area contributed by atoms with Gasteiger partial charge in [-0.25, -0.2) is 0 Å². The highest BCUT2D eigenvalue weighted by Crippen LogP contribution is 2.52. The number of rotatable bonds is 4. The van der Waals surface area contributed by atoms with Gasteiger partial charge in [-0.15, -0.1) is 0 Å². The molecule has 144 valence electrons. The SMILES string of the molecule is COc1ccc([C@@H]2Cc3cc(C(C)C)c(OC)cc3[C@@H]3CCCC[C@H]23)cc1. The van der Waals surface area contributed by atoms with Gasteiger partial charge in [0, 0.05) is 0 Å². The third-order valence-electron chi connectivity index (χ3n) is 6.83. The normalized spacial score (nSPS) is 24.3. The Morgan fingerprint density at radius 1 is 0.889 bits per heavy atom. The first kappa shape index (κ1) is 18.4. The average molecular weight is 365 g/mol. The van der Waals surface area contributed by atoms with Crippen molar-refractivity contribution in [3.63, 3.8) is 0 Å². The molecule has 0 aromatic heterocycles. The average Bonchev–Trinajstić information content (AvgIpc) is 2.72. The lowest BCUT2D eigenvalue weighted by atomic mass is 9.61.